The van der Waals surface area contributed by atoms with Gasteiger partial charge in [0.15, 0.2) is 0 Å². The van der Waals surface area contributed by atoms with E-state index in [2.05, 4.69) is 60.3 Å². The predicted octanol–water partition coefficient (Wildman–Crippen LogP) is 3.61. The fourth-order valence-corrected chi connectivity index (χ4v) is 3.09. The van der Waals surface area contributed by atoms with Gasteiger partial charge in [0, 0.05) is 12.2 Å². The summed E-state index contributed by atoms with van der Waals surface area (Å²) < 4.78 is 0. The summed E-state index contributed by atoms with van der Waals surface area (Å²) in [5.74, 6) is -0.0916. The van der Waals surface area contributed by atoms with E-state index in [1.165, 1.54) is 11.1 Å². The minimum absolute atomic E-state index is 0.0916. The summed E-state index contributed by atoms with van der Waals surface area (Å²) in [4.78, 5) is 31.4. The van der Waals surface area contributed by atoms with E-state index in [0.29, 0.717) is 23.3 Å². The average molecular weight is 380 g/mol. The number of fused-ring (bicyclic) bond motifs is 1. The van der Waals surface area contributed by atoms with E-state index < -0.39 is 0 Å². The number of aromatic amines is 2. The number of imidazole rings is 1. The van der Waals surface area contributed by atoms with Gasteiger partial charge in [0.25, 0.3) is 0 Å². The van der Waals surface area contributed by atoms with Crippen LogP contribution in [-0.4, -0.2) is 33.9 Å². The molecule has 1 heterocycles. The van der Waals surface area contributed by atoms with Crippen LogP contribution in [0.15, 0.2) is 47.3 Å². The number of likely N-dealkylation sites (N-methyl/N-ethyl adjacent to an activating group) is 1. The van der Waals surface area contributed by atoms with Crippen LogP contribution >= 0.6 is 0 Å². The van der Waals surface area contributed by atoms with Gasteiger partial charge in [-0.2, -0.15) is 0 Å². The topological polar surface area (TPSA) is 81.0 Å². The first-order chi connectivity index (χ1) is 13.1. The molecular weight excluding hydrogens is 352 g/mol. The number of hydrogen-bond acceptors (Lipinski definition) is 3. The molecule has 1 aromatic heterocycles. The minimum atomic E-state index is -0.303. The Balaban J connectivity index is 1.63. The Labute approximate surface area is 165 Å². The molecule has 3 rings (SSSR count). The third-order valence-electron chi connectivity index (χ3n) is 5.08. The lowest BCUT2D eigenvalue weighted by atomic mass is 9.87. The summed E-state index contributed by atoms with van der Waals surface area (Å²) in [6.45, 7) is 9.15. The highest BCUT2D eigenvalue weighted by Crippen LogP contribution is 2.22. The normalized spacial score (nSPS) is 13.1. The van der Waals surface area contributed by atoms with Gasteiger partial charge in [-0.25, -0.2) is 4.79 Å². The maximum absolute atomic E-state index is 12.6. The zero-order valence-corrected chi connectivity index (χ0v) is 17.1. The molecule has 0 aliphatic rings. The van der Waals surface area contributed by atoms with Gasteiger partial charge in [-0.3, -0.25) is 9.69 Å². The predicted molar refractivity (Wildman–Crippen MR) is 114 cm³/mol. The van der Waals surface area contributed by atoms with Crippen molar-refractivity contribution in [2.24, 2.45) is 0 Å². The number of H-pyrrole nitrogens is 2. The first kappa shape index (κ1) is 19.9. The second-order valence-corrected chi connectivity index (χ2v) is 8.37. The van der Waals surface area contributed by atoms with Crippen LogP contribution < -0.4 is 11.0 Å². The summed E-state index contributed by atoms with van der Waals surface area (Å²) in [5, 5.41) is 2.92. The number of carbonyl (C=O) groups excluding carboxylic acids is 1. The first-order valence-corrected chi connectivity index (χ1v) is 9.46. The van der Waals surface area contributed by atoms with Gasteiger partial charge in [0.1, 0.15) is 0 Å². The van der Waals surface area contributed by atoms with E-state index in [4.69, 9.17) is 0 Å². The van der Waals surface area contributed by atoms with Gasteiger partial charge >= 0.3 is 5.69 Å². The number of anilines is 1. The first-order valence-electron chi connectivity index (χ1n) is 9.46. The molecule has 0 aliphatic heterocycles. The number of hydrogen-bond donors (Lipinski definition) is 3. The fraction of sp³-hybridized carbons (Fsp3) is 0.364. The lowest BCUT2D eigenvalue weighted by Gasteiger charge is -2.25. The number of nitrogens with one attached hydrogen (secondary N) is 3. The molecule has 6 nitrogen and oxygen atoms in total. The summed E-state index contributed by atoms with van der Waals surface area (Å²) in [7, 11) is 1.94. The maximum atomic E-state index is 12.6. The molecule has 0 unspecified atom stereocenters. The molecular formula is C22H28N4O2. The van der Waals surface area contributed by atoms with Crippen LogP contribution in [-0.2, 0) is 16.8 Å². The molecule has 0 saturated heterocycles. The van der Waals surface area contributed by atoms with Crippen LogP contribution in [0.1, 0.15) is 38.8 Å². The lowest BCUT2D eigenvalue weighted by Crippen LogP contribution is -2.39. The van der Waals surface area contributed by atoms with E-state index in [-0.39, 0.29) is 23.1 Å². The summed E-state index contributed by atoms with van der Waals surface area (Å²) in [5.41, 5.74) is 4.37. The third-order valence-corrected chi connectivity index (χ3v) is 5.08. The highest BCUT2D eigenvalue weighted by atomic mass is 16.2. The van der Waals surface area contributed by atoms with E-state index in [0.717, 1.165) is 0 Å². The zero-order valence-electron chi connectivity index (χ0n) is 17.1. The summed E-state index contributed by atoms with van der Waals surface area (Å²) >= 11 is 0. The molecule has 2 aromatic carbocycles. The van der Waals surface area contributed by atoms with Crippen molar-refractivity contribution in [3.05, 3.63) is 64.1 Å². The van der Waals surface area contributed by atoms with Crippen molar-refractivity contribution in [2.75, 3.05) is 12.4 Å². The van der Waals surface area contributed by atoms with Gasteiger partial charge in [0.05, 0.1) is 17.1 Å². The van der Waals surface area contributed by atoms with E-state index in [1.807, 2.05) is 18.9 Å². The quantitative estimate of drug-likeness (QED) is 0.632. The Kier molecular flexibility index (Phi) is 5.42. The van der Waals surface area contributed by atoms with Crippen molar-refractivity contribution in [1.82, 2.24) is 14.9 Å². The highest BCUT2D eigenvalue weighted by Gasteiger charge is 2.19. The van der Waals surface area contributed by atoms with Crippen LogP contribution in [0.2, 0.25) is 0 Å². The molecule has 0 aliphatic carbocycles. The third kappa shape index (κ3) is 4.51. The van der Waals surface area contributed by atoms with Crippen LogP contribution in [0.25, 0.3) is 11.0 Å². The van der Waals surface area contributed by atoms with E-state index in [1.54, 1.807) is 18.2 Å². The van der Waals surface area contributed by atoms with Crippen molar-refractivity contribution < 1.29 is 4.79 Å². The molecule has 6 heteroatoms. The smallest absolute Gasteiger partial charge is 0.323 e. The van der Waals surface area contributed by atoms with Crippen molar-refractivity contribution >= 4 is 22.6 Å². The molecule has 148 valence electrons. The lowest BCUT2D eigenvalue weighted by molar-refractivity contribution is -0.120. The molecule has 1 atom stereocenters. The minimum Gasteiger partial charge on any atom is -0.325 e. The second-order valence-electron chi connectivity index (χ2n) is 8.37. The van der Waals surface area contributed by atoms with Crippen molar-refractivity contribution in [2.45, 2.75) is 45.7 Å². The van der Waals surface area contributed by atoms with Gasteiger partial charge in [-0.1, -0.05) is 45.0 Å². The molecule has 3 N–H and O–H groups in total. The monoisotopic (exact) mass is 380 g/mol. The highest BCUT2D eigenvalue weighted by molar-refractivity contribution is 5.96. The van der Waals surface area contributed by atoms with Gasteiger partial charge in [-0.15, -0.1) is 0 Å². The number of aromatic nitrogens is 2. The number of carbonyl (C=O) groups is 1. The van der Waals surface area contributed by atoms with Crippen molar-refractivity contribution in [3.63, 3.8) is 0 Å². The standard InChI is InChI=1S/C22H28N4O2/c1-14(26(5)13-15-6-8-16(9-7-15)22(2,3)4)20(27)23-17-10-11-18-19(12-17)25-21(28)24-18/h6-12,14H,13H2,1-5H3,(H,23,27)(H2,24,25,28)/t14-/m0/s1. The second kappa shape index (κ2) is 7.64. The largest absolute Gasteiger partial charge is 0.325 e. The summed E-state index contributed by atoms with van der Waals surface area (Å²) in [6.07, 6.45) is 0. The fourth-order valence-electron chi connectivity index (χ4n) is 3.09. The molecule has 0 fully saturated rings. The van der Waals surface area contributed by atoms with Gasteiger partial charge < -0.3 is 15.3 Å². The van der Waals surface area contributed by atoms with Crippen LogP contribution in [0.3, 0.4) is 0 Å². The number of benzene rings is 2. The molecule has 0 bridgehead atoms. The average Bonchev–Trinajstić information content (AvgIpc) is 3.00. The Morgan fingerprint density at radius 3 is 2.36 bits per heavy atom. The molecule has 28 heavy (non-hydrogen) atoms. The Morgan fingerprint density at radius 2 is 1.71 bits per heavy atom. The van der Waals surface area contributed by atoms with E-state index >= 15 is 0 Å². The van der Waals surface area contributed by atoms with Crippen molar-refractivity contribution in [1.29, 1.82) is 0 Å². The van der Waals surface area contributed by atoms with Gasteiger partial charge in [-0.05, 0) is 48.7 Å². The van der Waals surface area contributed by atoms with Crippen molar-refractivity contribution in [3.8, 4) is 0 Å². The Hall–Kier alpha value is -2.86. The molecule has 3 aromatic rings. The molecule has 1 amide bonds. The van der Waals surface area contributed by atoms with Gasteiger partial charge in [0.2, 0.25) is 5.91 Å². The Bertz CT molecular complexity index is 1030. The number of amides is 1. The van der Waals surface area contributed by atoms with E-state index in [9.17, 15) is 9.59 Å². The maximum Gasteiger partial charge on any atom is 0.323 e. The number of nitrogens with zero attached hydrogens (tertiary/aromatic N) is 1. The SMILES string of the molecule is C[C@@H](C(=O)Nc1ccc2[nH]c(=O)[nH]c2c1)N(C)Cc1ccc(C(C)(C)C)cc1. The van der Waals surface area contributed by atoms with Crippen LogP contribution in [0, 0.1) is 0 Å². The Morgan fingerprint density at radius 1 is 1.07 bits per heavy atom. The molecule has 0 spiro atoms. The summed E-state index contributed by atoms with van der Waals surface area (Å²) in [6, 6.07) is 13.6. The van der Waals surface area contributed by atoms with Crippen LogP contribution in [0.4, 0.5) is 5.69 Å². The molecule has 0 saturated carbocycles. The molecule has 0 radical (unpaired) electrons. The van der Waals surface area contributed by atoms with Crippen LogP contribution in [0.5, 0.6) is 0 Å². The zero-order chi connectivity index (χ0) is 20.5. The number of rotatable bonds is 5.